The molecule has 2 rings (SSSR count). The lowest BCUT2D eigenvalue weighted by Gasteiger charge is -2.03. The maximum atomic E-state index is 11.8. The van der Waals surface area contributed by atoms with E-state index in [1.165, 1.54) is 6.21 Å². The number of furan rings is 1. The van der Waals surface area contributed by atoms with Crippen molar-refractivity contribution in [1.82, 2.24) is 5.43 Å². The number of amides is 1. The van der Waals surface area contributed by atoms with E-state index in [2.05, 4.69) is 10.5 Å². The Labute approximate surface area is 117 Å². The van der Waals surface area contributed by atoms with Crippen molar-refractivity contribution in [2.24, 2.45) is 5.10 Å². The van der Waals surface area contributed by atoms with E-state index in [1.807, 2.05) is 19.9 Å². The molecule has 1 amide bonds. The van der Waals surface area contributed by atoms with Crippen molar-refractivity contribution >= 4 is 12.1 Å². The van der Waals surface area contributed by atoms with Gasteiger partial charge in [0.25, 0.3) is 5.91 Å². The number of rotatable bonds is 5. The predicted molar refractivity (Wildman–Crippen MR) is 76.1 cm³/mol. The third-order valence-corrected chi connectivity index (χ3v) is 2.55. The SMILES string of the molecule is CCOc1ccc(C(=O)N/N=C/c2ccc(C)o2)cc1. The molecule has 1 aromatic heterocycles. The Morgan fingerprint density at radius 3 is 2.65 bits per heavy atom. The molecule has 0 saturated carbocycles. The lowest BCUT2D eigenvalue weighted by atomic mass is 10.2. The van der Waals surface area contributed by atoms with Crippen LogP contribution in [0.5, 0.6) is 5.75 Å². The molecule has 20 heavy (non-hydrogen) atoms. The molecule has 0 aliphatic rings. The van der Waals surface area contributed by atoms with Gasteiger partial charge >= 0.3 is 0 Å². The first-order valence-corrected chi connectivity index (χ1v) is 6.31. The molecule has 0 atom stereocenters. The Balaban J connectivity index is 1.92. The van der Waals surface area contributed by atoms with Crippen LogP contribution in [0.4, 0.5) is 0 Å². The number of hydrogen-bond acceptors (Lipinski definition) is 4. The number of hydrogen-bond donors (Lipinski definition) is 1. The van der Waals surface area contributed by atoms with Crippen LogP contribution in [0.25, 0.3) is 0 Å². The molecular formula is C15H16N2O3. The van der Waals surface area contributed by atoms with Crippen LogP contribution in [0.3, 0.4) is 0 Å². The van der Waals surface area contributed by atoms with Crippen LogP contribution in [-0.4, -0.2) is 18.7 Å². The van der Waals surface area contributed by atoms with Crippen LogP contribution >= 0.6 is 0 Å². The standard InChI is InChI=1S/C15H16N2O3/c1-3-19-13-8-5-12(6-9-13)15(18)17-16-10-14-7-4-11(2)20-14/h4-10H,3H2,1-2H3,(H,17,18)/b16-10+. The molecule has 0 saturated heterocycles. The van der Waals surface area contributed by atoms with Crippen molar-refractivity contribution in [2.75, 3.05) is 6.61 Å². The van der Waals surface area contributed by atoms with Gasteiger partial charge in [0.05, 0.1) is 12.8 Å². The van der Waals surface area contributed by atoms with Crippen LogP contribution in [0.2, 0.25) is 0 Å². The minimum Gasteiger partial charge on any atom is -0.494 e. The van der Waals surface area contributed by atoms with Gasteiger partial charge in [0.1, 0.15) is 17.3 Å². The van der Waals surface area contributed by atoms with Crippen molar-refractivity contribution in [3.63, 3.8) is 0 Å². The highest BCUT2D eigenvalue weighted by Crippen LogP contribution is 2.11. The van der Waals surface area contributed by atoms with Gasteiger partial charge in [-0.2, -0.15) is 5.10 Å². The summed E-state index contributed by atoms with van der Waals surface area (Å²) < 4.78 is 10.6. The number of nitrogens with one attached hydrogen (secondary N) is 1. The molecule has 0 bridgehead atoms. The Morgan fingerprint density at radius 1 is 1.30 bits per heavy atom. The lowest BCUT2D eigenvalue weighted by molar-refractivity contribution is 0.0955. The number of nitrogens with zero attached hydrogens (tertiary/aromatic N) is 1. The third kappa shape index (κ3) is 3.71. The molecule has 0 unspecified atom stereocenters. The van der Waals surface area contributed by atoms with Gasteiger partial charge in [-0.05, 0) is 50.2 Å². The zero-order valence-electron chi connectivity index (χ0n) is 11.4. The molecular weight excluding hydrogens is 256 g/mol. The number of ether oxygens (including phenoxy) is 1. The van der Waals surface area contributed by atoms with Crippen LogP contribution in [0.15, 0.2) is 45.9 Å². The Morgan fingerprint density at radius 2 is 2.05 bits per heavy atom. The summed E-state index contributed by atoms with van der Waals surface area (Å²) in [6.45, 7) is 4.35. The third-order valence-electron chi connectivity index (χ3n) is 2.55. The van der Waals surface area contributed by atoms with Crippen molar-refractivity contribution in [1.29, 1.82) is 0 Å². The molecule has 1 heterocycles. The van der Waals surface area contributed by atoms with E-state index in [-0.39, 0.29) is 5.91 Å². The van der Waals surface area contributed by atoms with Gasteiger partial charge in [0.15, 0.2) is 0 Å². The minimum absolute atomic E-state index is 0.285. The number of carbonyl (C=O) groups is 1. The van der Waals surface area contributed by atoms with Crippen LogP contribution in [0.1, 0.15) is 28.8 Å². The number of benzene rings is 1. The maximum absolute atomic E-state index is 11.8. The van der Waals surface area contributed by atoms with Gasteiger partial charge in [0.2, 0.25) is 0 Å². The van der Waals surface area contributed by atoms with Crippen molar-refractivity contribution in [3.8, 4) is 5.75 Å². The van der Waals surface area contributed by atoms with Crippen LogP contribution in [-0.2, 0) is 0 Å². The molecule has 1 N–H and O–H groups in total. The second-order valence-electron chi connectivity index (χ2n) is 4.10. The molecule has 0 aliphatic carbocycles. The van der Waals surface area contributed by atoms with Crippen LogP contribution < -0.4 is 10.2 Å². The number of carbonyl (C=O) groups excluding carboxylic acids is 1. The zero-order chi connectivity index (χ0) is 14.4. The molecule has 0 radical (unpaired) electrons. The van der Waals surface area contributed by atoms with Crippen molar-refractivity contribution < 1.29 is 13.9 Å². The average Bonchev–Trinajstić information content (AvgIpc) is 2.85. The second-order valence-corrected chi connectivity index (χ2v) is 4.10. The Bertz CT molecular complexity index is 600. The monoisotopic (exact) mass is 272 g/mol. The number of aryl methyl sites for hydroxylation is 1. The summed E-state index contributed by atoms with van der Waals surface area (Å²) in [7, 11) is 0. The van der Waals surface area contributed by atoms with E-state index < -0.39 is 0 Å². The van der Waals surface area contributed by atoms with E-state index in [4.69, 9.17) is 9.15 Å². The summed E-state index contributed by atoms with van der Waals surface area (Å²) in [5.74, 6) is 1.84. The topological polar surface area (TPSA) is 63.8 Å². The first-order valence-electron chi connectivity index (χ1n) is 6.31. The normalized spacial score (nSPS) is 10.7. The summed E-state index contributed by atoms with van der Waals surface area (Å²) in [6.07, 6.45) is 1.46. The first-order chi connectivity index (χ1) is 9.69. The first kappa shape index (κ1) is 13.9. The van der Waals surface area contributed by atoms with E-state index >= 15 is 0 Å². The van der Waals surface area contributed by atoms with Gasteiger partial charge in [-0.3, -0.25) is 4.79 Å². The fourth-order valence-corrected chi connectivity index (χ4v) is 1.61. The zero-order valence-corrected chi connectivity index (χ0v) is 11.4. The van der Waals surface area contributed by atoms with Gasteiger partial charge in [-0.1, -0.05) is 0 Å². The van der Waals surface area contributed by atoms with Crippen molar-refractivity contribution in [3.05, 3.63) is 53.5 Å². The van der Waals surface area contributed by atoms with E-state index in [9.17, 15) is 4.79 Å². The molecule has 2 aromatic rings. The Hall–Kier alpha value is -2.56. The van der Waals surface area contributed by atoms with Gasteiger partial charge in [-0.25, -0.2) is 5.43 Å². The van der Waals surface area contributed by atoms with Crippen LogP contribution in [0, 0.1) is 6.92 Å². The highest BCUT2D eigenvalue weighted by molar-refractivity contribution is 5.94. The lowest BCUT2D eigenvalue weighted by Crippen LogP contribution is -2.17. The number of hydrazone groups is 1. The average molecular weight is 272 g/mol. The quantitative estimate of drug-likeness (QED) is 0.672. The van der Waals surface area contributed by atoms with E-state index in [0.29, 0.717) is 17.9 Å². The molecule has 5 heteroatoms. The molecule has 104 valence electrons. The molecule has 0 spiro atoms. The summed E-state index contributed by atoms with van der Waals surface area (Å²) >= 11 is 0. The smallest absolute Gasteiger partial charge is 0.271 e. The summed E-state index contributed by atoms with van der Waals surface area (Å²) in [5, 5.41) is 3.84. The molecule has 0 aliphatic heterocycles. The minimum atomic E-state index is -0.285. The molecule has 1 aromatic carbocycles. The second kappa shape index (κ2) is 6.56. The van der Waals surface area contributed by atoms with E-state index in [1.54, 1.807) is 30.3 Å². The van der Waals surface area contributed by atoms with Crippen molar-refractivity contribution in [2.45, 2.75) is 13.8 Å². The van der Waals surface area contributed by atoms with Gasteiger partial charge in [-0.15, -0.1) is 0 Å². The maximum Gasteiger partial charge on any atom is 0.271 e. The predicted octanol–water partition coefficient (Wildman–Crippen LogP) is 2.75. The van der Waals surface area contributed by atoms with Gasteiger partial charge in [0, 0.05) is 5.56 Å². The van der Waals surface area contributed by atoms with Gasteiger partial charge < -0.3 is 9.15 Å². The summed E-state index contributed by atoms with van der Waals surface area (Å²) in [5.41, 5.74) is 2.95. The highest BCUT2D eigenvalue weighted by atomic mass is 16.5. The van der Waals surface area contributed by atoms with E-state index in [0.717, 1.165) is 11.5 Å². The summed E-state index contributed by atoms with van der Waals surface area (Å²) in [4.78, 5) is 11.8. The Kier molecular flexibility index (Phi) is 4.55. The molecule has 0 fully saturated rings. The highest BCUT2D eigenvalue weighted by Gasteiger charge is 2.04. The molecule has 5 nitrogen and oxygen atoms in total. The largest absolute Gasteiger partial charge is 0.494 e. The fourth-order valence-electron chi connectivity index (χ4n) is 1.61. The summed E-state index contributed by atoms with van der Waals surface area (Å²) in [6, 6.07) is 10.5. The fraction of sp³-hybridized carbons (Fsp3) is 0.200.